The van der Waals surface area contributed by atoms with Crippen LogP contribution in [0.1, 0.15) is 99.4 Å². The predicted octanol–water partition coefficient (Wildman–Crippen LogP) is 5.74. The molecule has 0 aromatic carbocycles. The maximum Gasteiger partial charge on any atom is 2.00 e. The number of nitrogens with zero attached hydrogens (tertiary/aromatic N) is 4. The molecule has 2 aromatic rings. The SMILES string of the molecule is CC[C@H]1/C2=C/c3[n-]c4c(c3C)=C(O)[C@H](C(=O)OC)C=4C3[N-]/C(=C\c4[n-]c(c(C(C)=O)c4C)/C=C(\[N-]2)[C@@H]1C)[C@@H](C)[C@@H]3CCC(=O)OCC=C(C)C.[Mg+2]. The Hall–Kier alpha value is -3.96. The van der Waals surface area contributed by atoms with Crippen molar-refractivity contribution in [2.75, 3.05) is 13.7 Å². The molecule has 2 aromatic heterocycles. The second-order valence-corrected chi connectivity index (χ2v) is 14.2. The second kappa shape index (κ2) is 14.9. The molecule has 0 spiro atoms. The molecule has 266 valence electrons. The van der Waals surface area contributed by atoms with Crippen LogP contribution in [0.25, 0.3) is 40.2 Å². The molecule has 3 aliphatic heterocycles. The predicted molar refractivity (Wildman–Crippen MR) is 199 cm³/mol. The minimum Gasteiger partial charge on any atom is -0.681 e. The van der Waals surface area contributed by atoms with E-state index in [4.69, 9.17) is 30.1 Å². The normalized spacial score (nSPS) is 27.5. The van der Waals surface area contributed by atoms with Crippen LogP contribution in [0.4, 0.5) is 0 Å². The third kappa shape index (κ3) is 6.75. The van der Waals surface area contributed by atoms with Gasteiger partial charge in [0.15, 0.2) is 5.78 Å². The van der Waals surface area contributed by atoms with E-state index >= 15 is 0 Å². The van der Waals surface area contributed by atoms with Crippen molar-refractivity contribution in [2.45, 2.75) is 80.7 Å². The summed E-state index contributed by atoms with van der Waals surface area (Å²) in [6, 6.07) is -0.606. The fourth-order valence-electron chi connectivity index (χ4n) is 8.09. The van der Waals surface area contributed by atoms with E-state index in [1.807, 2.05) is 58.9 Å². The first-order valence-electron chi connectivity index (χ1n) is 17.5. The fraction of sp³-hybridized carbons (Fsp3) is 0.475. The first-order chi connectivity index (χ1) is 23.8. The van der Waals surface area contributed by atoms with Gasteiger partial charge in [0.05, 0.1) is 7.11 Å². The van der Waals surface area contributed by atoms with Crippen molar-refractivity contribution in [3.8, 4) is 0 Å². The van der Waals surface area contributed by atoms with Crippen molar-refractivity contribution in [2.24, 2.45) is 29.6 Å². The average molecular weight is 703 g/mol. The van der Waals surface area contributed by atoms with Gasteiger partial charge in [-0.05, 0) is 70.8 Å². The van der Waals surface area contributed by atoms with Gasteiger partial charge in [0, 0.05) is 17.2 Å². The number of aliphatic hydroxyl groups is 1. The molecule has 1 aliphatic carbocycles. The van der Waals surface area contributed by atoms with Crippen molar-refractivity contribution in [3.05, 3.63) is 83.7 Å². The van der Waals surface area contributed by atoms with Crippen LogP contribution in [0.3, 0.4) is 0 Å². The van der Waals surface area contributed by atoms with Gasteiger partial charge in [-0.2, -0.15) is 17.1 Å². The van der Waals surface area contributed by atoms with Crippen LogP contribution in [0.5, 0.6) is 0 Å². The van der Waals surface area contributed by atoms with Crippen LogP contribution in [0.2, 0.25) is 0 Å². The van der Waals surface area contributed by atoms with Crippen molar-refractivity contribution < 1.29 is 29.0 Å². The molecule has 10 nitrogen and oxygen atoms in total. The molecule has 8 bridgehead atoms. The van der Waals surface area contributed by atoms with Gasteiger partial charge in [-0.3, -0.25) is 14.4 Å². The van der Waals surface area contributed by atoms with Gasteiger partial charge in [-0.1, -0.05) is 73.7 Å². The fourth-order valence-corrected chi connectivity index (χ4v) is 8.09. The number of hydrogen-bond acceptors (Lipinski definition) is 6. The molecule has 6 atom stereocenters. The van der Waals surface area contributed by atoms with Crippen molar-refractivity contribution in [3.63, 3.8) is 0 Å². The van der Waals surface area contributed by atoms with Gasteiger partial charge in [0.1, 0.15) is 18.3 Å². The number of hydrogen-bond donors (Lipinski definition) is 1. The molecular weight excluding hydrogens is 657 g/mol. The topological polar surface area (TPSA) is 146 Å². The Morgan fingerprint density at radius 3 is 2.24 bits per heavy atom. The molecule has 4 aliphatic rings. The third-order valence-corrected chi connectivity index (χ3v) is 10.9. The Morgan fingerprint density at radius 1 is 0.922 bits per heavy atom. The number of esters is 2. The Kier molecular flexibility index (Phi) is 11.2. The number of aliphatic hydroxyl groups excluding tert-OH is 1. The standard InChI is InChI=1S/C40H47N4O6.Mg/c1-10-24-19(4)26-17-31-33(23(8)45)21(6)28(42-31)15-27-20(5)25(11-12-32(46)50-14-13-18(2)3)37(43-27)35-36(40(48)49-9)39(47)34-22(7)29(44-38(34)35)16-30(24)41-26;/h13,15-17,19-20,24-25,36-37H,10-12,14H2,1-9H3,(H2-,41,42,45,47);/q-3;+2/p-1/b27-15-,30-16-;/t19-,20+,24-,25+,36-,37?;/m1./s1. The molecule has 1 N–H and O–H groups in total. The minimum atomic E-state index is -1.09. The number of ketones is 1. The van der Waals surface area contributed by atoms with Crippen LogP contribution in [0.15, 0.2) is 28.7 Å². The molecule has 2 saturated heterocycles. The molecule has 2 fully saturated rings. The summed E-state index contributed by atoms with van der Waals surface area (Å²) in [5.41, 5.74) is 7.97. The van der Waals surface area contributed by atoms with Crippen LogP contribution in [0, 0.1) is 43.4 Å². The number of fused-ring (bicyclic) bond motifs is 8. The molecule has 0 radical (unpaired) electrons. The van der Waals surface area contributed by atoms with E-state index < -0.39 is 17.9 Å². The maximum absolute atomic E-state index is 13.4. The number of carbonyl (C=O) groups excluding carboxylic acids is 3. The van der Waals surface area contributed by atoms with Gasteiger partial charge < -0.3 is 35.2 Å². The second-order valence-electron chi connectivity index (χ2n) is 14.2. The van der Waals surface area contributed by atoms with Crippen LogP contribution in [-0.2, 0) is 19.1 Å². The number of ether oxygens (including phenoxy) is 2. The van der Waals surface area contributed by atoms with E-state index in [0.29, 0.717) is 45.2 Å². The summed E-state index contributed by atoms with van der Waals surface area (Å²) in [5, 5.41) is 23.1. The number of Topliss-reactive ketones (excluding diaryl/α,β-unsaturated/α-hetero) is 1. The summed E-state index contributed by atoms with van der Waals surface area (Å²) < 4.78 is 10.7. The molecule has 1 unspecified atom stereocenters. The average Bonchev–Trinajstić information content (AvgIpc) is 3.80. The minimum absolute atomic E-state index is 0. The summed E-state index contributed by atoms with van der Waals surface area (Å²) >= 11 is 0. The zero-order valence-electron chi connectivity index (χ0n) is 31.1. The van der Waals surface area contributed by atoms with E-state index in [1.54, 1.807) is 6.92 Å². The first kappa shape index (κ1) is 38.3. The molecule has 5 heterocycles. The van der Waals surface area contributed by atoms with Gasteiger partial charge in [0.2, 0.25) is 0 Å². The Morgan fingerprint density at radius 2 is 1.59 bits per heavy atom. The maximum atomic E-state index is 13.4. The third-order valence-electron chi connectivity index (χ3n) is 10.9. The summed E-state index contributed by atoms with van der Waals surface area (Å²) in [7, 11) is 1.30. The van der Waals surface area contributed by atoms with E-state index in [0.717, 1.165) is 40.2 Å². The van der Waals surface area contributed by atoms with E-state index in [-0.39, 0.29) is 77.3 Å². The zero-order chi connectivity index (χ0) is 36.2. The van der Waals surface area contributed by atoms with Crippen molar-refractivity contribution in [1.29, 1.82) is 0 Å². The molecule has 0 saturated carbocycles. The molecular formula is C40H46MgN4O6-2. The molecule has 11 heteroatoms. The number of rotatable bonds is 8. The summed E-state index contributed by atoms with van der Waals surface area (Å²) in [5.74, 6) is -2.44. The Labute approximate surface area is 315 Å². The number of carbonyl (C=O) groups is 3. The van der Waals surface area contributed by atoms with Crippen LogP contribution >= 0.6 is 0 Å². The number of allylic oxidation sites excluding steroid dienone is 4. The van der Waals surface area contributed by atoms with E-state index in [2.05, 4.69) is 13.8 Å². The number of aromatic nitrogens is 2. The first-order valence-corrected chi connectivity index (χ1v) is 17.5. The quantitative estimate of drug-likeness (QED) is 0.159. The largest absolute Gasteiger partial charge is 2.00 e. The zero-order valence-corrected chi connectivity index (χ0v) is 32.5. The van der Waals surface area contributed by atoms with E-state index in [1.165, 1.54) is 7.11 Å². The molecule has 6 rings (SSSR count). The van der Waals surface area contributed by atoms with Crippen LogP contribution in [-0.4, -0.2) is 65.6 Å². The Balaban J connectivity index is 0.00000504. The Bertz CT molecular complexity index is 2020. The van der Waals surface area contributed by atoms with Gasteiger partial charge in [-0.25, -0.2) is 0 Å². The summed E-state index contributed by atoms with van der Waals surface area (Å²) in [4.78, 5) is 49.4. The monoisotopic (exact) mass is 702 g/mol. The smallest absolute Gasteiger partial charge is 0.681 e. The molecule has 0 amide bonds. The van der Waals surface area contributed by atoms with E-state index in [9.17, 15) is 19.5 Å². The summed E-state index contributed by atoms with van der Waals surface area (Å²) in [6.45, 7) is 15.8. The van der Waals surface area contributed by atoms with Crippen LogP contribution < -0.4 is 20.5 Å². The van der Waals surface area contributed by atoms with Crippen molar-refractivity contribution in [1.82, 2.24) is 9.97 Å². The summed E-state index contributed by atoms with van der Waals surface area (Å²) in [6.07, 6.45) is 9.09. The van der Waals surface area contributed by atoms with Gasteiger partial charge in [0.25, 0.3) is 0 Å². The van der Waals surface area contributed by atoms with Gasteiger partial charge in [-0.15, -0.1) is 22.4 Å². The van der Waals surface area contributed by atoms with Crippen molar-refractivity contribution >= 4 is 70.3 Å². The number of methoxy groups -OCH3 is 1. The van der Waals surface area contributed by atoms with Gasteiger partial charge >= 0.3 is 35.0 Å². The molecule has 51 heavy (non-hydrogen) atoms.